The summed E-state index contributed by atoms with van der Waals surface area (Å²) in [4.78, 5) is 34.1. The summed E-state index contributed by atoms with van der Waals surface area (Å²) in [5.74, 6) is 1.24. The maximum atomic E-state index is 13.4. The van der Waals surface area contributed by atoms with Crippen molar-refractivity contribution in [3.05, 3.63) is 142 Å². The van der Waals surface area contributed by atoms with Crippen LogP contribution in [0.15, 0.2) is 141 Å². The van der Waals surface area contributed by atoms with E-state index >= 15 is 0 Å². The summed E-state index contributed by atoms with van der Waals surface area (Å²) in [7, 11) is -3.40. The van der Waals surface area contributed by atoms with Gasteiger partial charge in [-0.15, -0.1) is 11.8 Å². The maximum absolute atomic E-state index is 13.4. The predicted octanol–water partition coefficient (Wildman–Crippen LogP) is 9.79. The summed E-state index contributed by atoms with van der Waals surface area (Å²) >= 11 is 8.65. The second-order valence-electron chi connectivity index (χ2n) is 14.6. The zero-order chi connectivity index (χ0) is 43.3. The van der Waals surface area contributed by atoms with Crippen LogP contribution in [0, 0.1) is 0 Å². The van der Waals surface area contributed by atoms with E-state index in [2.05, 4.69) is 68.4 Å². The topological polar surface area (TPSA) is 162 Å². The number of fused-ring (bicyclic) bond motifs is 2. The first-order valence-electron chi connectivity index (χ1n) is 18.7. The number of thioether (sulfide) groups is 1. The standard InChI is InChI=1S/C24H24BrN5O2S.C19H16BrN5O2S/c1-24(2,3)32-23(31)29(15-16-8-7-11-26-13-16)21-12-19(17-9-5-6-10-20(17)33-4)28-22-18(25)14-27-30(21)22;1-28(26,27)17-7-3-2-6-14(17)16-9-18(22-11-13-5-4-8-21-10-13)25-19(24-16)15(20)12-23-25/h5-14H,15H2,1-4H3;2-10,12,22H,11H2,1H3. The third-order valence-electron chi connectivity index (χ3n) is 8.93. The van der Waals surface area contributed by atoms with Crippen molar-refractivity contribution in [2.75, 3.05) is 22.7 Å². The number of nitrogens with one attached hydrogen (secondary N) is 1. The number of benzene rings is 2. The Hall–Kier alpha value is -5.69. The molecule has 0 saturated carbocycles. The molecule has 8 rings (SSSR count). The number of nitrogens with zero attached hydrogens (tertiary/aromatic N) is 9. The Kier molecular flexibility index (Phi) is 13.2. The second-order valence-corrected chi connectivity index (χ2v) is 19.1. The van der Waals surface area contributed by atoms with Gasteiger partial charge in [0.05, 0.1) is 44.2 Å². The Bertz CT molecular complexity index is 2940. The van der Waals surface area contributed by atoms with Gasteiger partial charge in [-0.05, 0) is 94.3 Å². The predicted molar refractivity (Wildman–Crippen MR) is 245 cm³/mol. The number of carbonyl (C=O) groups excluding carboxylic acids is 1. The highest BCUT2D eigenvalue weighted by molar-refractivity contribution is 9.11. The molecule has 6 heterocycles. The molecule has 0 aliphatic carbocycles. The third kappa shape index (κ3) is 10.3. The molecular formula is C43H40Br2N10O4S2. The van der Waals surface area contributed by atoms with Gasteiger partial charge in [-0.3, -0.25) is 14.9 Å². The van der Waals surface area contributed by atoms with E-state index in [1.165, 1.54) is 6.26 Å². The molecule has 0 unspecified atom stereocenters. The van der Waals surface area contributed by atoms with Crippen molar-refractivity contribution in [3.8, 4) is 22.5 Å². The van der Waals surface area contributed by atoms with Gasteiger partial charge < -0.3 is 10.1 Å². The van der Waals surface area contributed by atoms with E-state index in [1.54, 1.807) is 93.2 Å². The van der Waals surface area contributed by atoms with Gasteiger partial charge in [0.1, 0.15) is 17.2 Å². The number of halogens is 2. The average molecular weight is 985 g/mol. The molecular weight excluding hydrogens is 944 g/mol. The summed E-state index contributed by atoms with van der Waals surface area (Å²) in [5.41, 5.74) is 5.23. The van der Waals surface area contributed by atoms with E-state index in [9.17, 15) is 13.2 Å². The molecule has 61 heavy (non-hydrogen) atoms. The number of amides is 1. The molecule has 0 fully saturated rings. The molecule has 8 aromatic rings. The summed E-state index contributed by atoms with van der Waals surface area (Å²) in [6.07, 6.45) is 13.0. The van der Waals surface area contributed by atoms with E-state index < -0.39 is 21.5 Å². The minimum Gasteiger partial charge on any atom is -0.443 e. The average Bonchev–Trinajstić information content (AvgIpc) is 3.82. The number of sulfone groups is 1. The number of hydrogen-bond acceptors (Lipinski definition) is 12. The Labute approximate surface area is 374 Å². The van der Waals surface area contributed by atoms with Crippen LogP contribution >= 0.6 is 43.6 Å². The van der Waals surface area contributed by atoms with Crippen LogP contribution in [0.3, 0.4) is 0 Å². The molecule has 0 aliphatic rings. The van der Waals surface area contributed by atoms with Gasteiger partial charge in [-0.1, -0.05) is 48.5 Å². The first-order chi connectivity index (χ1) is 29.2. The molecule has 0 atom stereocenters. The van der Waals surface area contributed by atoms with Gasteiger partial charge in [-0.25, -0.2) is 23.2 Å². The zero-order valence-electron chi connectivity index (χ0n) is 33.7. The molecule has 2 aromatic carbocycles. The van der Waals surface area contributed by atoms with Crippen molar-refractivity contribution in [3.63, 3.8) is 0 Å². The van der Waals surface area contributed by atoms with Crippen LogP contribution in [0.1, 0.15) is 31.9 Å². The monoisotopic (exact) mass is 982 g/mol. The molecule has 6 aromatic heterocycles. The highest BCUT2D eigenvalue weighted by Gasteiger charge is 2.28. The van der Waals surface area contributed by atoms with Crippen LogP contribution < -0.4 is 10.2 Å². The molecule has 312 valence electrons. The number of hydrogen-bond donors (Lipinski definition) is 1. The van der Waals surface area contributed by atoms with E-state index in [0.717, 1.165) is 36.2 Å². The van der Waals surface area contributed by atoms with E-state index in [-0.39, 0.29) is 11.4 Å². The third-order valence-corrected chi connectivity index (χ3v) is 12.0. The first kappa shape index (κ1) is 43.4. The number of pyridine rings is 2. The van der Waals surface area contributed by atoms with Crippen molar-refractivity contribution < 1.29 is 17.9 Å². The maximum Gasteiger partial charge on any atom is 0.416 e. The number of ether oxygens (including phenoxy) is 1. The lowest BCUT2D eigenvalue weighted by atomic mass is 10.1. The van der Waals surface area contributed by atoms with Gasteiger partial charge in [0, 0.05) is 65.7 Å². The van der Waals surface area contributed by atoms with E-state index in [0.29, 0.717) is 40.7 Å². The molecule has 0 bridgehead atoms. The lowest BCUT2D eigenvalue weighted by molar-refractivity contribution is 0.0575. The van der Waals surface area contributed by atoms with Gasteiger partial charge in [0.15, 0.2) is 21.1 Å². The van der Waals surface area contributed by atoms with Crippen molar-refractivity contribution >= 4 is 82.5 Å². The van der Waals surface area contributed by atoms with Crippen LogP contribution in [-0.2, 0) is 27.7 Å². The van der Waals surface area contributed by atoms with Gasteiger partial charge in [0.25, 0.3) is 0 Å². The van der Waals surface area contributed by atoms with Crippen LogP contribution in [0.5, 0.6) is 0 Å². The largest absolute Gasteiger partial charge is 0.443 e. The second kappa shape index (κ2) is 18.5. The van der Waals surface area contributed by atoms with Crippen LogP contribution in [0.2, 0.25) is 0 Å². The minimum absolute atomic E-state index is 0.237. The molecule has 0 radical (unpaired) electrons. The van der Waals surface area contributed by atoms with E-state index in [1.807, 2.05) is 75.6 Å². The fourth-order valence-electron chi connectivity index (χ4n) is 6.23. The Morgan fingerprint density at radius 2 is 1.38 bits per heavy atom. The Balaban J connectivity index is 0.000000186. The zero-order valence-corrected chi connectivity index (χ0v) is 38.5. The number of carbonyl (C=O) groups is 1. The quantitative estimate of drug-likeness (QED) is 0.129. The number of rotatable bonds is 10. The highest BCUT2D eigenvalue weighted by Crippen LogP contribution is 2.34. The lowest BCUT2D eigenvalue weighted by Crippen LogP contribution is -2.37. The SMILES string of the molecule is CS(=O)(=O)c1ccccc1-c1cc(NCc2cccnc2)n2ncc(Br)c2n1.CSc1ccccc1-c1cc(N(Cc2cccnc2)C(=O)OC(C)(C)C)n2ncc(Br)c2n1. The van der Waals surface area contributed by atoms with Crippen molar-refractivity contribution in [2.45, 2.75) is 49.3 Å². The molecule has 0 saturated heterocycles. The normalized spacial score (nSPS) is 11.6. The number of aromatic nitrogens is 8. The Morgan fingerprint density at radius 3 is 2.00 bits per heavy atom. The summed E-state index contributed by atoms with van der Waals surface area (Å²) in [5, 5.41) is 12.2. The van der Waals surface area contributed by atoms with Crippen molar-refractivity contribution in [1.82, 2.24) is 39.2 Å². The van der Waals surface area contributed by atoms with Crippen molar-refractivity contribution in [1.29, 1.82) is 0 Å². The lowest BCUT2D eigenvalue weighted by Gasteiger charge is -2.28. The van der Waals surface area contributed by atoms with Crippen LogP contribution in [0.4, 0.5) is 16.4 Å². The molecule has 1 amide bonds. The van der Waals surface area contributed by atoms with Crippen LogP contribution in [-0.4, -0.2) is 71.8 Å². The van der Waals surface area contributed by atoms with E-state index in [4.69, 9.17) is 9.72 Å². The van der Waals surface area contributed by atoms with Gasteiger partial charge in [-0.2, -0.15) is 19.2 Å². The van der Waals surface area contributed by atoms with Crippen molar-refractivity contribution in [2.24, 2.45) is 0 Å². The fourth-order valence-corrected chi connectivity index (χ4v) is 8.44. The first-order valence-corrected chi connectivity index (χ1v) is 23.4. The molecule has 18 heteroatoms. The molecule has 0 aliphatic heterocycles. The molecule has 0 spiro atoms. The minimum atomic E-state index is -3.40. The molecule has 1 N–H and O–H groups in total. The van der Waals surface area contributed by atoms with Crippen LogP contribution in [0.25, 0.3) is 33.8 Å². The smallest absolute Gasteiger partial charge is 0.416 e. The molecule has 14 nitrogen and oxygen atoms in total. The highest BCUT2D eigenvalue weighted by atomic mass is 79.9. The Morgan fingerprint density at radius 1 is 0.787 bits per heavy atom. The number of anilines is 2. The van der Waals surface area contributed by atoms with Gasteiger partial charge >= 0.3 is 6.09 Å². The summed E-state index contributed by atoms with van der Waals surface area (Å²) < 4.78 is 35.0. The summed E-state index contributed by atoms with van der Waals surface area (Å²) in [6.45, 7) is 6.35. The summed E-state index contributed by atoms with van der Waals surface area (Å²) in [6, 6.07) is 26.2. The van der Waals surface area contributed by atoms with Gasteiger partial charge in [0.2, 0.25) is 0 Å². The fraction of sp³-hybridized carbons (Fsp3) is 0.186.